The van der Waals surface area contributed by atoms with E-state index in [1.165, 1.54) is 0 Å². The monoisotopic (exact) mass is 542 g/mol. The maximum absolute atomic E-state index is 13.5. The summed E-state index contributed by atoms with van der Waals surface area (Å²) in [5, 5.41) is 9.58. The topological polar surface area (TPSA) is 109 Å². The third-order valence-corrected chi connectivity index (χ3v) is 6.66. The predicted octanol–water partition coefficient (Wildman–Crippen LogP) is 7.05. The number of carbonyl (C=O) groups excluding carboxylic acids is 2. The van der Waals surface area contributed by atoms with Gasteiger partial charge < -0.3 is 24.5 Å². The van der Waals surface area contributed by atoms with Crippen molar-refractivity contribution in [1.29, 1.82) is 0 Å². The summed E-state index contributed by atoms with van der Waals surface area (Å²) < 4.78 is 9.95. The average Bonchev–Trinajstić information content (AvgIpc) is 3.37. The Kier molecular flexibility index (Phi) is 9.57. The van der Waals surface area contributed by atoms with E-state index in [1.807, 2.05) is 91.7 Å². The van der Waals surface area contributed by atoms with Gasteiger partial charge in [0.05, 0.1) is 6.61 Å². The number of esters is 1. The van der Waals surface area contributed by atoms with Crippen molar-refractivity contribution in [3.63, 3.8) is 0 Å². The largest absolute Gasteiger partial charge is 0.513 e. The van der Waals surface area contributed by atoms with Crippen LogP contribution in [0.3, 0.4) is 0 Å². The van der Waals surface area contributed by atoms with E-state index in [2.05, 4.69) is 15.8 Å². The molecule has 0 radical (unpaired) electrons. The Hall–Kier alpha value is -4.59. The second kappa shape index (κ2) is 13.5. The summed E-state index contributed by atoms with van der Waals surface area (Å²) in [5.41, 5.74) is 4.83. The quantitative estimate of drug-likeness (QED) is 0.113. The molecular weight excluding hydrogens is 508 g/mol. The highest BCUT2D eigenvalue weighted by Gasteiger charge is 2.20. The molecule has 1 aromatic heterocycles. The number of aromatic nitrogens is 1. The van der Waals surface area contributed by atoms with Crippen LogP contribution in [0, 0.1) is 0 Å². The van der Waals surface area contributed by atoms with Crippen LogP contribution in [0.25, 0.3) is 22.0 Å². The van der Waals surface area contributed by atoms with E-state index in [0.717, 1.165) is 34.0 Å². The molecule has 0 fully saturated rings. The summed E-state index contributed by atoms with van der Waals surface area (Å²) in [6, 6.07) is 23.6. The molecule has 4 rings (SSSR count). The van der Waals surface area contributed by atoms with Crippen LogP contribution in [0.4, 0.5) is 4.79 Å². The highest BCUT2D eigenvalue weighted by molar-refractivity contribution is 5.98. The lowest BCUT2D eigenvalue weighted by molar-refractivity contribution is -0.139. The molecule has 208 valence electrons. The first-order valence-electron chi connectivity index (χ1n) is 13.4. The molecule has 0 aliphatic carbocycles. The zero-order valence-electron chi connectivity index (χ0n) is 22.8. The maximum atomic E-state index is 13.5. The van der Waals surface area contributed by atoms with Gasteiger partial charge >= 0.3 is 12.1 Å². The first-order valence-corrected chi connectivity index (χ1v) is 13.4. The Morgan fingerprint density at radius 3 is 2.45 bits per heavy atom. The lowest BCUT2D eigenvalue weighted by Crippen LogP contribution is -2.36. The van der Waals surface area contributed by atoms with E-state index in [4.69, 9.17) is 9.84 Å². The van der Waals surface area contributed by atoms with E-state index < -0.39 is 12.1 Å². The summed E-state index contributed by atoms with van der Waals surface area (Å²) in [6.07, 6.45) is 2.44. The minimum Gasteiger partial charge on any atom is -0.494 e. The molecule has 0 unspecified atom stereocenters. The van der Waals surface area contributed by atoms with E-state index >= 15 is 0 Å². The van der Waals surface area contributed by atoms with Crippen molar-refractivity contribution in [2.24, 2.45) is 0 Å². The third-order valence-electron chi connectivity index (χ3n) is 6.66. The smallest absolute Gasteiger partial charge is 0.494 e. The molecule has 1 amide bonds. The molecule has 0 aliphatic heterocycles. The first kappa shape index (κ1) is 28.4. The van der Waals surface area contributed by atoms with Gasteiger partial charge in [-0.05, 0) is 74.6 Å². The molecule has 3 aromatic carbocycles. The van der Waals surface area contributed by atoms with Crippen molar-refractivity contribution in [3.8, 4) is 16.9 Å². The van der Waals surface area contributed by atoms with E-state index in [0.29, 0.717) is 37.3 Å². The Morgan fingerprint density at radius 2 is 1.70 bits per heavy atom. The lowest BCUT2D eigenvalue weighted by Gasteiger charge is -2.27. The number of rotatable bonds is 12. The number of hydrogen-bond acceptors (Lipinski definition) is 5. The molecule has 4 aromatic rings. The van der Waals surface area contributed by atoms with Gasteiger partial charge in [0, 0.05) is 47.2 Å². The van der Waals surface area contributed by atoms with Gasteiger partial charge in [-0.2, -0.15) is 0 Å². The Bertz CT molecular complexity index is 1460. The predicted molar refractivity (Wildman–Crippen MR) is 153 cm³/mol. The van der Waals surface area contributed by atoms with Gasteiger partial charge in [0.25, 0.3) is 5.91 Å². The number of benzene rings is 3. The third kappa shape index (κ3) is 7.50. The van der Waals surface area contributed by atoms with Crippen molar-refractivity contribution < 1.29 is 29.0 Å². The average molecular weight is 543 g/mol. The fourth-order valence-electron chi connectivity index (χ4n) is 4.57. The number of nitrogens with one attached hydrogen (secondary N) is 1. The van der Waals surface area contributed by atoms with Gasteiger partial charge in [0.15, 0.2) is 0 Å². The summed E-state index contributed by atoms with van der Waals surface area (Å²) in [5.74, 6) is -0.0640. The molecule has 40 heavy (non-hydrogen) atoms. The van der Waals surface area contributed by atoms with Crippen LogP contribution in [-0.4, -0.2) is 45.7 Å². The number of ether oxygens (including phenoxy) is 2. The first-order chi connectivity index (χ1) is 19.3. The van der Waals surface area contributed by atoms with Crippen molar-refractivity contribution >= 4 is 28.9 Å². The second-order valence-electron chi connectivity index (χ2n) is 9.90. The number of amides is 1. The Labute approximate surface area is 233 Å². The summed E-state index contributed by atoms with van der Waals surface area (Å²) in [4.78, 5) is 40.2. The van der Waals surface area contributed by atoms with Gasteiger partial charge in [-0.25, -0.2) is 4.79 Å². The van der Waals surface area contributed by atoms with Crippen LogP contribution in [0.1, 0.15) is 55.5 Å². The fraction of sp³-hybridized carbons (Fsp3) is 0.281. The molecular formula is C32H34N2O6. The molecule has 2 N–H and O–H groups in total. The molecule has 0 spiro atoms. The fourth-order valence-corrected chi connectivity index (χ4v) is 4.57. The van der Waals surface area contributed by atoms with Gasteiger partial charge in [-0.1, -0.05) is 42.5 Å². The number of para-hydroxylation sites is 1. The highest BCUT2D eigenvalue weighted by Crippen LogP contribution is 2.29. The number of nitrogens with zero attached hydrogens (tertiary/aromatic N) is 1. The minimum absolute atomic E-state index is 0.00168. The molecule has 0 saturated carbocycles. The Morgan fingerprint density at radius 1 is 0.925 bits per heavy atom. The number of unbranched alkanes of at least 4 members (excludes halogenated alkanes) is 2. The van der Waals surface area contributed by atoms with Crippen LogP contribution in [0.2, 0.25) is 0 Å². The number of carboxylic acid groups (broad SMARTS) is 1. The van der Waals surface area contributed by atoms with Crippen molar-refractivity contribution in [1.82, 2.24) is 9.88 Å². The van der Waals surface area contributed by atoms with Gasteiger partial charge in [-0.15, -0.1) is 0 Å². The summed E-state index contributed by atoms with van der Waals surface area (Å²) in [6.45, 7) is 4.92. The Balaban J connectivity index is 1.33. The van der Waals surface area contributed by atoms with Crippen LogP contribution in [0.5, 0.6) is 5.75 Å². The minimum atomic E-state index is -1.58. The molecule has 8 nitrogen and oxygen atoms in total. The number of carbonyl (C=O) groups is 3. The van der Waals surface area contributed by atoms with E-state index in [9.17, 15) is 14.4 Å². The second-order valence-corrected chi connectivity index (χ2v) is 9.90. The number of H-pyrrole nitrogens is 1. The van der Waals surface area contributed by atoms with E-state index in [-0.39, 0.29) is 18.4 Å². The number of hydrogen-bond donors (Lipinski definition) is 2. The number of aromatic amines is 1. The summed E-state index contributed by atoms with van der Waals surface area (Å²) in [7, 11) is 0. The molecule has 1 heterocycles. The SMILES string of the molecule is CC(C)N(Cc1cccc(OCCCCCC(=O)OC(=O)O)c1)C(=O)c1ccc(-c2c[nH]c3ccccc23)cc1. The van der Waals surface area contributed by atoms with Gasteiger partial charge in [0.1, 0.15) is 5.75 Å². The zero-order chi connectivity index (χ0) is 28.5. The normalized spacial score (nSPS) is 11.0. The van der Waals surface area contributed by atoms with E-state index in [1.54, 1.807) is 0 Å². The standard InChI is InChI=1S/C32H34N2O6/c1-22(2)34(21-23-9-8-10-26(19-23)39-18-7-3-4-13-30(35)40-32(37)38)31(36)25-16-14-24(15-17-25)28-20-33-29-12-6-5-11-27(28)29/h5-6,8-12,14-17,19-20,22,33H,3-4,7,13,18,21H2,1-2H3,(H,37,38). The molecule has 0 atom stereocenters. The highest BCUT2D eigenvalue weighted by atomic mass is 16.7. The zero-order valence-corrected chi connectivity index (χ0v) is 22.8. The van der Waals surface area contributed by atoms with Crippen LogP contribution in [-0.2, 0) is 16.1 Å². The van der Waals surface area contributed by atoms with Gasteiger partial charge in [-0.3, -0.25) is 9.59 Å². The van der Waals surface area contributed by atoms with Crippen LogP contribution >= 0.6 is 0 Å². The maximum Gasteiger partial charge on any atom is 0.513 e. The molecule has 0 aliphatic rings. The summed E-state index contributed by atoms with van der Waals surface area (Å²) >= 11 is 0. The molecule has 0 saturated heterocycles. The van der Waals surface area contributed by atoms with Crippen molar-refractivity contribution in [2.75, 3.05) is 6.61 Å². The van der Waals surface area contributed by atoms with Gasteiger partial charge in [0.2, 0.25) is 0 Å². The van der Waals surface area contributed by atoms with Crippen LogP contribution in [0.15, 0.2) is 79.0 Å². The molecule has 8 heteroatoms. The molecule has 0 bridgehead atoms. The van der Waals surface area contributed by atoms with Crippen LogP contribution < -0.4 is 4.74 Å². The van der Waals surface area contributed by atoms with Crippen molar-refractivity contribution in [3.05, 3.63) is 90.1 Å². The number of fused-ring (bicyclic) bond motifs is 1. The lowest BCUT2D eigenvalue weighted by atomic mass is 10.0. The van der Waals surface area contributed by atoms with Crippen molar-refractivity contribution in [2.45, 2.75) is 52.1 Å².